The molecule has 3 nitrogen and oxygen atoms in total. The van der Waals surface area contributed by atoms with Crippen LogP contribution in [0.15, 0.2) is 0 Å². The molecule has 1 N–H and O–H groups in total. The van der Waals surface area contributed by atoms with Gasteiger partial charge in [0.15, 0.2) is 0 Å². The summed E-state index contributed by atoms with van der Waals surface area (Å²) in [6.45, 7) is 4.27. The first-order chi connectivity index (χ1) is 6.38. The minimum Gasteiger partial charge on any atom is -0.380 e. The van der Waals surface area contributed by atoms with Crippen LogP contribution in [-0.4, -0.2) is 50.3 Å². The molecule has 2 aliphatic heterocycles. The molecule has 2 rings (SSSR count). The minimum absolute atomic E-state index is 0. The summed E-state index contributed by atoms with van der Waals surface area (Å²) in [7, 11) is 2.26. The van der Waals surface area contributed by atoms with Crippen LogP contribution in [0.1, 0.15) is 19.3 Å². The molecule has 2 saturated heterocycles. The van der Waals surface area contributed by atoms with Crippen molar-refractivity contribution in [2.24, 2.45) is 0 Å². The SMILES string of the molecule is CN(C1CCNCC1)[C@@H]1CCOC1.Cl.Cl. The van der Waals surface area contributed by atoms with E-state index in [9.17, 15) is 0 Å². The lowest BCUT2D eigenvalue weighted by atomic mass is 10.0. The molecule has 1 atom stereocenters. The number of likely N-dealkylation sites (N-methyl/N-ethyl adjacent to an activating group) is 1. The number of piperidine rings is 1. The lowest BCUT2D eigenvalue weighted by Gasteiger charge is -2.35. The van der Waals surface area contributed by atoms with Gasteiger partial charge in [-0.05, 0) is 39.4 Å². The van der Waals surface area contributed by atoms with E-state index in [0.717, 1.165) is 19.3 Å². The number of hydrogen-bond acceptors (Lipinski definition) is 3. The van der Waals surface area contributed by atoms with Crippen LogP contribution in [-0.2, 0) is 4.74 Å². The van der Waals surface area contributed by atoms with E-state index in [4.69, 9.17) is 4.74 Å². The molecule has 0 spiro atoms. The Kier molecular flexibility index (Phi) is 7.92. The van der Waals surface area contributed by atoms with Gasteiger partial charge in [-0.25, -0.2) is 0 Å². The van der Waals surface area contributed by atoms with Crippen LogP contribution in [0.5, 0.6) is 0 Å². The number of ether oxygens (including phenoxy) is 1. The quantitative estimate of drug-likeness (QED) is 0.807. The molecule has 2 fully saturated rings. The molecule has 0 saturated carbocycles. The van der Waals surface area contributed by atoms with Gasteiger partial charge in [-0.2, -0.15) is 0 Å². The van der Waals surface area contributed by atoms with Crippen molar-refractivity contribution in [3.05, 3.63) is 0 Å². The second kappa shape index (κ2) is 7.69. The van der Waals surface area contributed by atoms with Gasteiger partial charge in [-0.1, -0.05) is 0 Å². The lowest BCUT2D eigenvalue weighted by molar-refractivity contribution is 0.116. The Bertz CT molecular complexity index is 160. The van der Waals surface area contributed by atoms with Crippen molar-refractivity contribution in [1.82, 2.24) is 10.2 Å². The van der Waals surface area contributed by atoms with Gasteiger partial charge in [0.25, 0.3) is 0 Å². The summed E-state index contributed by atoms with van der Waals surface area (Å²) < 4.78 is 5.41. The Morgan fingerprint density at radius 1 is 1.07 bits per heavy atom. The Morgan fingerprint density at radius 3 is 2.27 bits per heavy atom. The normalized spacial score (nSPS) is 27.2. The van der Waals surface area contributed by atoms with Gasteiger partial charge in [-0.15, -0.1) is 24.8 Å². The first kappa shape index (κ1) is 15.5. The van der Waals surface area contributed by atoms with E-state index < -0.39 is 0 Å². The molecular formula is C10H22Cl2N2O. The number of nitrogens with zero attached hydrogens (tertiary/aromatic N) is 1. The Labute approximate surface area is 105 Å². The monoisotopic (exact) mass is 256 g/mol. The van der Waals surface area contributed by atoms with Crippen molar-refractivity contribution in [3.8, 4) is 0 Å². The van der Waals surface area contributed by atoms with Crippen molar-refractivity contribution >= 4 is 24.8 Å². The molecule has 0 aromatic heterocycles. The summed E-state index contributed by atoms with van der Waals surface area (Å²) in [5, 5.41) is 3.40. The zero-order chi connectivity index (χ0) is 9.10. The summed E-state index contributed by atoms with van der Waals surface area (Å²) in [5.41, 5.74) is 0. The molecule has 5 heteroatoms. The largest absolute Gasteiger partial charge is 0.380 e. The highest BCUT2D eigenvalue weighted by Gasteiger charge is 2.26. The van der Waals surface area contributed by atoms with Crippen LogP contribution in [0.3, 0.4) is 0 Å². The summed E-state index contributed by atoms with van der Waals surface area (Å²) in [6, 6.07) is 1.47. The second-order valence-corrected chi connectivity index (χ2v) is 4.16. The highest BCUT2D eigenvalue weighted by atomic mass is 35.5. The molecule has 0 aromatic carbocycles. The molecule has 0 unspecified atom stereocenters. The van der Waals surface area contributed by atoms with Crippen LogP contribution in [0, 0.1) is 0 Å². The predicted molar refractivity (Wildman–Crippen MR) is 67.4 cm³/mol. The highest BCUT2D eigenvalue weighted by molar-refractivity contribution is 5.85. The predicted octanol–water partition coefficient (Wildman–Crippen LogP) is 1.30. The summed E-state index contributed by atoms with van der Waals surface area (Å²) in [4.78, 5) is 2.54. The van der Waals surface area contributed by atoms with Gasteiger partial charge >= 0.3 is 0 Å². The van der Waals surface area contributed by atoms with Crippen molar-refractivity contribution in [2.45, 2.75) is 31.3 Å². The molecule has 2 aliphatic rings. The van der Waals surface area contributed by atoms with Gasteiger partial charge in [0.1, 0.15) is 0 Å². The number of rotatable bonds is 2. The maximum Gasteiger partial charge on any atom is 0.0622 e. The third kappa shape index (κ3) is 4.08. The van der Waals surface area contributed by atoms with Gasteiger partial charge in [0.05, 0.1) is 6.61 Å². The average Bonchev–Trinajstić information content (AvgIpc) is 2.71. The summed E-state index contributed by atoms with van der Waals surface area (Å²) in [6.07, 6.45) is 3.82. The van der Waals surface area contributed by atoms with E-state index in [-0.39, 0.29) is 24.8 Å². The van der Waals surface area contributed by atoms with Crippen molar-refractivity contribution in [2.75, 3.05) is 33.4 Å². The topological polar surface area (TPSA) is 24.5 Å². The van der Waals surface area contributed by atoms with E-state index >= 15 is 0 Å². The third-order valence-electron chi connectivity index (χ3n) is 3.37. The molecule has 0 amide bonds. The van der Waals surface area contributed by atoms with E-state index in [2.05, 4.69) is 17.3 Å². The number of nitrogens with one attached hydrogen (secondary N) is 1. The lowest BCUT2D eigenvalue weighted by Crippen LogP contribution is -2.46. The first-order valence-electron chi connectivity index (χ1n) is 5.38. The third-order valence-corrected chi connectivity index (χ3v) is 3.37. The smallest absolute Gasteiger partial charge is 0.0622 e. The Hall–Kier alpha value is 0.460. The van der Waals surface area contributed by atoms with Gasteiger partial charge in [-0.3, -0.25) is 4.90 Å². The summed E-state index contributed by atoms with van der Waals surface area (Å²) in [5.74, 6) is 0. The van der Waals surface area contributed by atoms with Crippen molar-refractivity contribution in [1.29, 1.82) is 0 Å². The standard InChI is InChI=1S/C10H20N2O.2ClH/c1-12(10-4-7-13-8-10)9-2-5-11-6-3-9;;/h9-11H,2-8H2,1H3;2*1H/t10-;;/m1../s1. The van der Waals surface area contributed by atoms with Crippen LogP contribution >= 0.6 is 24.8 Å². The van der Waals surface area contributed by atoms with Crippen LogP contribution < -0.4 is 5.32 Å². The molecule has 2 heterocycles. The van der Waals surface area contributed by atoms with Gasteiger partial charge in [0.2, 0.25) is 0 Å². The molecule has 0 aliphatic carbocycles. The molecule has 0 radical (unpaired) electrons. The fraction of sp³-hybridized carbons (Fsp3) is 1.00. The van der Waals surface area contributed by atoms with E-state index in [1.165, 1.54) is 32.4 Å². The molecule has 0 bridgehead atoms. The van der Waals surface area contributed by atoms with Crippen LogP contribution in [0.2, 0.25) is 0 Å². The van der Waals surface area contributed by atoms with E-state index in [1.54, 1.807) is 0 Å². The fourth-order valence-corrected chi connectivity index (χ4v) is 2.36. The van der Waals surface area contributed by atoms with Crippen molar-refractivity contribution < 1.29 is 4.74 Å². The number of halogens is 2. The molecular weight excluding hydrogens is 235 g/mol. The van der Waals surface area contributed by atoms with Crippen molar-refractivity contribution in [3.63, 3.8) is 0 Å². The highest BCUT2D eigenvalue weighted by Crippen LogP contribution is 2.18. The maximum absolute atomic E-state index is 5.41. The maximum atomic E-state index is 5.41. The Balaban J connectivity index is 0.000000980. The Morgan fingerprint density at radius 2 is 1.73 bits per heavy atom. The second-order valence-electron chi connectivity index (χ2n) is 4.16. The molecule has 92 valence electrons. The minimum atomic E-state index is 0. The molecule has 0 aromatic rings. The van der Waals surface area contributed by atoms with Crippen LogP contribution in [0.25, 0.3) is 0 Å². The number of hydrogen-bond donors (Lipinski definition) is 1. The van der Waals surface area contributed by atoms with E-state index in [1.807, 2.05) is 0 Å². The summed E-state index contributed by atoms with van der Waals surface area (Å²) >= 11 is 0. The first-order valence-corrected chi connectivity index (χ1v) is 5.38. The van der Waals surface area contributed by atoms with Gasteiger partial charge in [0, 0.05) is 18.7 Å². The average molecular weight is 257 g/mol. The van der Waals surface area contributed by atoms with Gasteiger partial charge < -0.3 is 10.1 Å². The molecule has 15 heavy (non-hydrogen) atoms. The van der Waals surface area contributed by atoms with Crippen LogP contribution in [0.4, 0.5) is 0 Å². The fourth-order valence-electron chi connectivity index (χ4n) is 2.36. The zero-order valence-electron chi connectivity index (χ0n) is 9.28. The zero-order valence-corrected chi connectivity index (χ0v) is 10.9. The van der Waals surface area contributed by atoms with E-state index in [0.29, 0.717) is 6.04 Å².